The molecule has 3 aliphatic heterocycles. The number of carbonyl (C=O) groups excluding carboxylic acids is 1. The van der Waals surface area contributed by atoms with Crippen LogP contribution in [0.5, 0.6) is 0 Å². The third kappa shape index (κ3) is 3.00. The Balaban J connectivity index is 1.30. The van der Waals surface area contributed by atoms with Crippen LogP contribution in [0, 0.1) is 11.8 Å². The summed E-state index contributed by atoms with van der Waals surface area (Å²) in [5.74, 6) is -0.922. The van der Waals surface area contributed by atoms with Gasteiger partial charge in [0.2, 0.25) is 5.91 Å². The fourth-order valence-corrected chi connectivity index (χ4v) is 7.28. The first-order valence-electron chi connectivity index (χ1n) is 10.1. The van der Waals surface area contributed by atoms with Gasteiger partial charge in [0.05, 0.1) is 24.3 Å². The number of rotatable bonds is 6. The molecule has 0 radical (unpaired) electrons. The van der Waals surface area contributed by atoms with Crippen molar-refractivity contribution in [2.24, 2.45) is 11.8 Å². The minimum absolute atomic E-state index is 0.0878. The smallest absolute Gasteiger partial charge is 0.353 e. The van der Waals surface area contributed by atoms with Crippen molar-refractivity contribution < 1.29 is 19.8 Å². The molecule has 0 aliphatic carbocycles. The van der Waals surface area contributed by atoms with E-state index in [4.69, 9.17) is 0 Å². The van der Waals surface area contributed by atoms with E-state index in [-0.39, 0.29) is 34.9 Å². The minimum Gasteiger partial charge on any atom is -0.477 e. The van der Waals surface area contributed by atoms with Crippen molar-refractivity contribution in [3.8, 4) is 0 Å². The molecule has 1 amide bonds. The van der Waals surface area contributed by atoms with E-state index in [1.165, 1.54) is 4.90 Å². The molecule has 8 nitrogen and oxygen atoms in total. The van der Waals surface area contributed by atoms with Gasteiger partial charge in [0.15, 0.2) is 0 Å². The summed E-state index contributed by atoms with van der Waals surface area (Å²) < 4.78 is 2.11. The average Bonchev–Trinajstić information content (AvgIpc) is 3.42. The summed E-state index contributed by atoms with van der Waals surface area (Å²) in [6, 6.07) is 0.0236. The van der Waals surface area contributed by atoms with Gasteiger partial charge in [-0.15, -0.1) is 23.1 Å². The molecule has 2 aromatic rings. The number of hydrogen-bond donors (Lipinski definition) is 3. The number of aliphatic hydroxyl groups is 1. The number of carboxylic acid groups (broad SMARTS) is 1. The molecule has 5 rings (SSSR count). The van der Waals surface area contributed by atoms with Gasteiger partial charge in [0.25, 0.3) is 0 Å². The van der Waals surface area contributed by atoms with E-state index >= 15 is 0 Å². The first kappa shape index (κ1) is 20.0. The molecule has 0 aromatic carbocycles. The summed E-state index contributed by atoms with van der Waals surface area (Å²) >= 11 is 3.24. The molecule has 0 saturated carbocycles. The zero-order valence-electron chi connectivity index (χ0n) is 16.7. The van der Waals surface area contributed by atoms with Crippen LogP contribution in [-0.2, 0) is 16.0 Å². The number of carbonyl (C=O) groups is 2. The van der Waals surface area contributed by atoms with Crippen molar-refractivity contribution in [2.75, 3.05) is 6.54 Å². The van der Waals surface area contributed by atoms with Crippen LogP contribution in [0.3, 0.4) is 0 Å². The van der Waals surface area contributed by atoms with Crippen molar-refractivity contribution in [1.82, 2.24) is 19.6 Å². The van der Waals surface area contributed by atoms with Gasteiger partial charge in [-0.3, -0.25) is 9.20 Å². The minimum atomic E-state index is -1.07. The van der Waals surface area contributed by atoms with Gasteiger partial charge < -0.3 is 20.4 Å². The highest BCUT2D eigenvalue weighted by molar-refractivity contribution is 8.03. The predicted molar refractivity (Wildman–Crippen MR) is 114 cm³/mol. The largest absolute Gasteiger partial charge is 0.477 e. The number of aliphatic carboxylic acids is 1. The Hall–Kier alpha value is -1.88. The fourth-order valence-electron chi connectivity index (χ4n) is 5.05. The third-order valence-electron chi connectivity index (χ3n) is 6.45. The van der Waals surface area contributed by atoms with Crippen molar-refractivity contribution in [3.05, 3.63) is 34.2 Å². The van der Waals surface area contributed by atoms with E-state index < -0.39 is 18.0 Å². The van der Waals surface area contributed by atoms with Crippen LogP contribution in [0.2, 0.25) is 0 Å². The van der Waals surface area contributed by atoms with Crippen LogP contribution in [-0.4, -0.2) is 66.4 Å². The molecule has 0 bridgehead atoms. The second kappa shape index (κ2) is 7.37. The lowest BCUT2D eigenvalue weighted by Gasteiger charge is -2.46. The first-order chi connectivity index (χ1) is 14.4. The topological polar surface area (TPSA) is 107 Å². The quantitative estimate of drug-likeness (QED) is 0.576. The van der Waals surface area contributed by atoms with Gasteiger partial charge in [-0.05, 0) is 13.3 Å². The van der Waals surface area contributed by atoms with Gasteiger partial charge in [0.1, 0.15) is 16.4 Å². The van der Waals surface area contributed by atoms with Crippen LogP contribution in [0.4, 0.5) is 0 Å². The van der Waals surface area contributed by atoms with E-state index in [2.05, 4.69) is 14.7 Å². The molecule has 0 unspecified atom stereocenters. The zero-order valence-corrected chi connectivity index (χ0v) is 18.3. The van der Waals surface area contributed by atoms with Crippen LogP contribution in [0.15, 0.2) is 28.4 Å². The summed E-state index contributed by atoms with van der Waals surface area (Å²) in [6.07, 6.45) is 4.88. The Kier molecular flexibility index (Phi) is 4.92. The molecule has 0 spiro atoms. The predicted octanol–water partition coefficient (Wildman–Crippen LogP) is 1.56. The number of aliphatic hydroxyl groups excluding tert-OH is 1. The molecule has 160 valence electrons. The van der Waals surface area contributed by atoms with Gasteiger partial charge in [-0.1, -0.05) is 6.92 Å². The number of amides is 1. The number of β-lactam (4-membered cyclic amide) rings is 1. The lowest BCUT2D eigenvalue weighted by molar-refractivity contribution is -0.163. The Morgan fingerprint density at radius 3 is 3.03 bits per heavy atom. The molecular weight excluding hydrogens is 424 g/mol. The fraction of sp³-hybridized carbons (Fsp3) is 0.550. The number of nitrogens with one attached hydrogen (secondary N) is 1. The van der Waals surface area contributed by atoms with Crippen LogP contribution in [0.1, 0.15) is 26.1 Å². The Morgan fingerprint density at radius 1 is 1.50 bits per heavy atom. The van der Waals surface area contributed by atoms with Crippen molar-refractivity contribution in [1.29, 1.82) is 0 Å². The molecule has 2 fully saturated rings. The highest BCUT2D eigenvalue weighted by Gasteiger charge is 2.60. The Bertz CT molecular complexity index is 1040. The molecule has 3 aliphatic rings. The molecule has 2 saturated heterocycles. The monoisotopic (exact) mass is 448 g/mol. The Labute approximate surface area is 182 Å². The third-order valence-corrected chi connectivity index (χ3v) is 8.77. The second-order valence-electron chi connectivity index (χ2n) is 8.34. The number of nitrogens with zero attached hydrogens (tertiary/aromatic N) is 3. The number of carboxylic acids is 1. The molecule has 3 N–H and O–H groups in total. The number of hydrogen-bond acceptors (Lipinski definition) is 7. The van der Waals surface area contributed by atoms with E-state index in [0.29, 0.717) is 0 Å². The standard InChI is InChI=1S/C20H24N4O4S2/c1-9-16-15(10(2)25)19(26)24(16)17(20(27)28)18(9)30-12-5-11(21-7-12)6-13-22-8-14-23(13)3-4-29-14/h3-4,8-12,15-16,21,25H,5-7H2,1-2H3,(H,27,28)/t9-,10-,11+,12+,15-,16-/m1/s1. The lowest BCUT2D eigenvalue weighted by Crippen LogP contribution is -2.63. The molecule has 6 atom stereocenters. The SMILES string of the molecule is C[C@@H](O)[C@H]1C(=O)N2C(C(=O)O)=C(S[C@@H]3CN[C@H](Cc4ncc5sccn45)C3)[C@H](C)[C@H]12. The van der Waals surface area contributed by atoms with E-state index in [1.54, 1.807) is 30.0 Å². The van der Waals surface area contributed by atoms with Gasteiger partial charge >= 0.3 is 5.97 Å². The summed E-state index contributed by atoms with van der Waals surface area (Å²) in [7, 11) is 0. The number of aromatic nitrogens is 2. The summed E-state index contributed by atoms with van der Waals surface area (Å²) in [5, 5.41) is 25.6. The summed E-state index contributed by atoms with van der Waals surface area (Å²) in [6.45, 7) is 4.36. The zero-order chi connectivity index (χ0) is 21.2. The van der Waals surface area contributed by atoms with E-state index in [9.17, 15) is 19.8 Å². The maximum Gasteiger partial charge on any atom is 0.353 e. The van der Waals surface area contributed by atoms with Crippen molar-refractivity contribution >= 4 is 39.8 Å². The second-order valence-corrected chi connectivity index (χ2v) is 10.6. The highest BCUT2D eigenvalue weighted by atomic mass is 32.2. The van der Waals surface area contributed by atoms with E-state index in [1.807, 2.05) is 24.7 Å². The molecular formula is C20H24N4O4S2. The molecule has 5 heterocycles. The van der Waals surface area contributed by atoms with Crippen molar-refractivity contribution in [2.45, 2.75) is 50.1 Å². The van der Waals surface area contributed by atoms with Gasteiger partial charge in [-0.2, -0.15) is 0 Å². The summed E-state index contributed by atoms with van der Waals surface area (Å²) in [4.78, 5) is 32.3. The Morgan fingerprint density at radius 2 is 2.30 bits per heavy atom. The average molecular weight is 449 g/mol. The number of thiazole rings is 1. The number of fused-ring (bicyclic) bond motifs is 2. The lowest BCUT2D eigenvalue weighted by atomic mass is 9.79. The molecule has 30 heavy (non-hydrogen) atoms. The maximum absolute atomic E-state index is 12.5. The van der Waals surface area contributed by atoms with Crippen LogP contribution in [0.25, 0.3) is 4.83 Å². The van der Waals surface area contributed by atoms with Crippen molar-refractivity contribution in [3.63, 3.8) is 0 Å². The van der Waals surface area contributed by atoms with Gasteiger partial charge in [0, 0.05) is 46.7 Å². The molecule has 2 aromatic heterocycles. The van der Waals surface area contributed by atoms with Gasteiger partial charge in [-0.25, -0.2) is 9.78 Å². The maximum atomic E-state index is 12.5. The normalized spacial score (nSPS) is 32.0. The number of imidazole rings is 1. The number of thioether (sulfide) groups is 1. The first-order valence-corrected chi connectivity index (χ1v) is 11.9. The van der Waals surface area contributed by atoms with Crippen LogP contribution >= 0.6 is 23.1 Å². The van der Waals surface area contributed by atoms with Crippen LogP contribution < -0.4 is 5.32 Å². The van der Waals surface area contributed by atoms with E-state index in [0.717, 1.165) is 34.9 Å². The molecule has 10 heteroatoms. The highest BCUT2D eigenvalue weighted by Crippen LogP contribution is 2.51. The summed E-state index contributed by atoms with van der Waals surface area (Å²) in [5.41, 5.74) is 0.107.